The van der Waals surface area contributed by atoms with Crippen molar-refractivity contribution in [2.75, 3.05) is 6.61 Å². The van der Waals surface area contributed by atoms with E-state index in [0.717, 1.165) is 11.3 Å². The van der Waals surface area contributed by atoms with Crippen molar-refractivity contribution in [1.82, 2.24) is 0 Å². The van der Waals surface area contributed by atoms with Gasteiger partial charge in [0.15, 0.2) is 0 Å². The predicted molar refractivity (Wildman–Crippen MR) is 59.4 cm³/mol. The van der Waals surface area contributed by atoms with Gasteiger partial charge >= 0.3 is 0 Å². The van der Waals surface area contributed by atoms with Crippen LogP contribution in [0, 0.1) is 5.92 Å². The van der Waals surface area contributed by atoms with Crippen LogP contribution in [-0.4, -0.2) is 6.61 Å². The van der Waals surface area contributed by atoms with Gasteiger partial charge in [-0.2, -0.15) is 0 Å². The molecular weight excluding hydrogens is 174 g/mol. The minimum atomic E-state index is 0.0930. The maximum atomic E-state index is 6.05. The second-order valence-corrected chi connectivity index (χ2v) is 3.78. The molecule has 1 rings (SSSR count). The number of hydrogen-bond acceptors (Lipinski definition) is 2. The van der Waals surface area contributed by atoms with Crippen LogP contribution >= 0.6 is 0 Å². The zero-order chi connectivity index (χ0) is 10.6. The standard InChI is InChI=1S/C12H19NO/c1-4-14-11-7-5-6-10(8-11)12(13)9(2)3/h5-9,12H,4,13H2,1-3H3/t12-/m1/s1. The van der Waals surface area contributed by atoms with Crippen LogP contribution in [0.4, 0.5) is 0 Å². The highest BCUT2D eigenvalue weighted by molar-refractivity contribution is 5.30. The Morgan fingerprint density at radius 1 is 1.36 bits per heavy atom. The lowest BCUT2D eigenvalue weighted by atomic mass is 9.97. The molecule has 0 aliphatic heterocycles. The number of benzene rings is 1. The third kappa shape index (κ3) is 2.74. The molecule has 0 bridgehead atoms. The third-order valence-corrected chi connectivity index (χ3v) is 2.27. The van der Waals surface area contributed by atoms with Gasteiger partial charge in [0.2, 0.25) is 0 Å². The van der Waals surface area contributed by atoms with E-state index in [1.165, 1.54) is 0 Å². The maximum Gasteiger partial charge on any atom is 0.119 e. The summed E-state index contributed by atoms with van der Waals surface area (Å²) in [5, 5.41) is 0. The molecule has 1 aromatic rings. The van der Waals surface area contributed by atoms with E-state index in [4.69, 9.17) is 10.5 Å². The smallest absolute Gasteiger partial charge is 0.119 e. The minimum absolute atomic E-state index is 0.0930. The lowest BCUT2D eigenvalue weighted by Crippen LogP contribution is -2.16. The summed E-state index contributed by atoms with van der Waals surface area (Å²) in [6, 6.07) is 8.11. The minimum Gasteiger partial charge on any atom is -0.494 e. The Morgan fingerprint density at radius 2 is 2.07 bits per heavy atom. The highest BCUT2D eigenvalue weighted by Crippen LogP contribution is 2.22. The van der Waals surface area contributed by atoms with Gasteiger partial charge in [-0.05, 0) is 30.5 Å². The Hall–Kier alpha value is -1.02. The van der Waals surface area contributed by atoms with Crippen LogP contribution in [0.1, 0.15) is 32.4 Å². The summed E-state index contributed by atoms with van der Waals surface area (Å²) in [6.45, 7) is 6.92. The molecule has 0 fully saturated rings. The van der Waals surface area contributed by atoms with Crippen molar-refractivity contribution in [3.8, 4) is 5.75 Å². The molecule has 0 radical (unpaired) electrons. The SMILES string of the molecule is CCOc1cccc([C@H](N)C(C)C)c1. The zero-order valence-corrected chi connectivity index (χ0v) is 9.16. The second-order valence-electron chi connectivity index (χ2n) is 3.78. The molecule has 0 amide bonds. The van der Waals surface area contributed by atoms with E-state index in [2.05, 4.69) is 13.8 Å². The molecule has 2 nitrogen and oxygen atoms in total. The van der Waals surface area contributed by atoms with Crippen LogP contribution in [0.15, 0.2) is 24.3 Å². The Morgan fingerprint density at radius 3 is 2.64 bits per heavy atom. The first-order chi connectivity index (χ1) is 6.65. The number of nitrogens with two attached hydrogens (primary N) is 1. The molecule has 2 N–H and O–H groups in total. The fourth-order valence-electron chi connectivity index (χ4n) is 1.36. The van der Waals surface area contributed by atoms with Crippen molar-refractivity contribution in [3.63, 3.8) is 0 Å². The lowest BCUT2D eigenvalue weighted by molar-refractivity contribution is 0.339. The molecule has 2 heteroatoms. The van der Waals surface area contributed by atoms with Gasteiger partial charge in [-0.3, -0.25) is 0 Å². The summed E-state index contributed by atoms with van der Waals surface area (Å²) in [4.78, 5) is 0. The van der Waals surface area contributed by atoms with Crippen molar-refractivity contribution < 1.29 is 4.74 Å². The van der Waals surface area contributed by atoms with Crippen LogP contribution in [0.25, 0.3) is 0 Å². The summed E-state index contributed by atoms with van der Waals surface area (Å²) in [5.41, 5.74) is 7.19. The summed E-state index contributed by atoms with van der Waals surface area (Å²) >= 11 is 0. The number of rotatable bonds is 4. The Balaban J connectivity index is 2.82. The first-order valence-corrected chi connectivity index (χ1v) is 5.13. The summed E-state index contributed by atoms with van der Waals surface area (Å²) < 4.78 is 5.42. The fourth-order valence-corrected chi connectivity index (χ4v) is 1.36. The molecule has 78 valence electrons. The van der Waals surface area contributed by atoms with E-state index in [9.17, 15) is 0 Å². The summed E-state index contributed by atoms with van der Waals surface area (Å²) in [5.74, 6) is 1.35. The zero-order valence-electron chi connectivity index (χ0n) is 9.16. The Bertz CT molecular complexity index is 283. The maximum absolute atomic E-state index is 6.05. The van der Waals surface area contributed by atoms with Crippen LogP contribution < -0.4 is 10.5 Å². The van der Waals surface area contributed by atoms with Gasteiger partial charge < -0.3 is 10.5 Å². The highest BCUT2D eigenvalue weighted by Gasteiger charge is 2.10. The summed E-state index contributed by atoms with van der Waals surface area (Å²) in [6.07, 6.45) is 0. The van der Waals surface area contributed by atoms with Crippen LogP contribution in [0.3, 0.4) is 0 Å². The van der Waals surface area contributed by atoms with Crippen molar-refractivity contribution in [1.29, 1.82) is 0 Å². The molecule has 0 heterocycles. The second kappa shape index (κ2) is 5.01. The van der Waals surface area contributed by atoms with Crippen molar-refractivity contribution >= 4 is 0 Å². The van der Waals surface area contributed by atoms with E-state index in [0.29, 0.717) is 12.5 Å². The number of hydrogen-bond donors (Lipinski definition) is 1. The summed E-state index contributed by atoms with van der Waals surface area (Å²) in [7, 11) is 0. The molecule has 0 aliphatic rings. The van der Waals surface area contributed by atoms with E-state index < -0.39 is 0 Å². The van der Waals surface area contributed by atoms with Gasteiger partial charge in [-0.15, -0.1) is 0 Å². The average molecular weight is 193 g/mol. The first kappa shape index (κ1) is 11.1. The third-order valence-electron chi connectivity index (χ3n) is 2.27. The molecule has 14 heavy (non-hydrogen) atoms. The normalized spacial score (nSPS) is 12.9. The highest BCUT2D eigenvalue weighted by atomic mass is 16.5. The molecular formula is C12H19NO. The van der Waals surface area contributed by atoms with Gasteiger partial charge in [-0.1, -0.05) is 26.0 Å². The van der Waals surface area contributed by atoms with Crippen LogP contribution in [-0.2, 0) is 0 Å². The predicted octanol–water partition coefficient (Wildman–Crippen LogP) is 2.74. The fraction of sp³-hybridized carbons (Fsp3) is 0.500. The van der Waals surface area contributed by atoms with Gasteiger partial charge in [-0.25, -0.2) is 0 Å². The first-order valence-electron chi connectivity index (χ1n) is 5.13. The Labute approximate surface area is 86.1 Å². The quantitative estimate of drug-likeness (QED) is 0.798. The molecule has 1 aromatic carbocycles. The van der Waals surface area contributed by atoms with Gasteiger partial charge in [0.1, 0.15) is 5.75 Å². The van der Waals surface area contributed by atoms with Crippen LogP contribution in [0.5, 0.6) is 5.75 Å². The molecule has 0 spiro atoms. The van der Waals surface area contributed by atoms with Crippen molar-refractivity contribution in [2.45, 2.75) is 26.8 Å². The average Bonchev–Trinajstić information content (AvgIpc) is 2.17. The molecule has 0 aliphatic carbocycles. The molecule has 0 unspecified atom stereocenters. The lowest BCUT2D eigenvalue weighted by Gasteiger charge is -2.16. The van der Waals surface area contributed by atoms with Crippen LogP contribution in [0.2, 0.25) is 0 Å². The monoisotopic (exact) mass is 193 g/mol. The van der Waals surface area contributed by atoms with Gasteiger partial charge in [0, 0.05) is 6.04 Å². The molecule has 0 aromatic heterocycles. The number of ether oxygens (including phenoxy) is 1. The largest absolute Gasteiger partial charge is 0.494 e. The molecule has 0 saturated heterocycles. The van der Waals surface area contributed by atoms with Crippen molar-refractivity contribution in [2.24, 2.45) is 11.7 Å². The van der Waals surface area contributed by atoms with E-state index >= 15 is 0 Å². The van der Waals surface area contributed by atoms with Crippen molar-refractivity contribution in [3.05, 3.63) is 29.8 Å². The molecule has 1 atom stereocenters. The van der Waals surface area contributed by atoms with E-state index in [1.54, 1.807) is 0 Å². The van der Waals surface area contributed by atoms with Gasteiger partial charge in [0.05, 0.1) is 6.61 Å². The van der Waals surface area contributed by atoms with Gasteiger partial charge in [0.25, 0.3) is 0 Å². The topological polar surface area (TPSA) is 35.2 Å². The molecule has 0 saturated carbocycles. The van der Waals surface area contributed by atoms with E-state index in [-0.39, 0.29) is 6.04 Å². The Kier molecular flexibility index (Phi) is 3.96. The van der Waals surface area contributed by atoms with E-state index in [1.807, 2.05) is 31.2 Å².